The van der Waals surface area contributed by atoms with E-state index in [1.54, 1.807) is 4.90 Å². The Bertz CT molecular complexity index is 383. The van der Waals surface area contributed by atoms with Gasteiger partial charge in [-0.05, 0) is 34.1 Å². The summed E-state index contributed by atoms with van der Waals surface area (Å²) in [6.45, 7) is 7.07. The minimum atomic E-state index is 0.725. The second kappa shape index (κ2) is 7.34. The average molecular weight is 336 g/mol. The van der Waals surface area contributed by atoms with Gasteiger partial charge in [0, 0.05) is 11.4 Å². The minimum Gasteiger partial charge on any atom is -0.492 e. The molecule has 1 heterocycles. The average Bonchev–Trinajstić information content (AvgIpc) is 2.38. The summed E-state index contributed by atoms with van der Waals surface area (Å²) in [5.74, 6) is 0.876. The molecule has 0 radical (unpaired) electrons. The number of nitrogens with one attached hydrogen (secondary N) is 1. The van der Waals surface area contributed by atoms with E-state index < -0.39 is 0 Å². The maximum atomic E-state index is 5.89. The van der Waals surface area contributed by atoms with Gasteiger partial charge in [0.1, 0.15) is 31.9 Å². The van der Waals surface area contributed by atoms with E-state index in [2.05, 4.69) is 21.2 Å². The Labute approximate surface area is 122 Å². The van der Waals surface area contributed by atoms with Crippen molar-refractivity contribution >= 4 is 27.5 Å². The summed E-state index contributed by atoms with van der Waals surface area (Å²) in [5.41, 5.74) is 0. The third kappa shape index (κ3) is 4.43. The van der Waals surface area contributed by atoms with E-state index in [-0.39, 0.29) is 0 Å². The van der Waals surface area contributed by atoms with E-state index in [1.165, 1.54) is 32.7 Å². The second-order valence-electron chi connectivity index (χ2n) is 4.64. The quantitative estimate of drug-likeness (QED) is 0.747. The molecule has 0 spiro atoms. The number of rotatable bonds is 5. The van der Waals surface area contributed by atoms with Gasteiger partial charge in [-0.1, -0.05) is 11.6 Å². The minimum absolute atomic E-state index is 0.725. The van der Waals surface area contributed by atoms with Gasteiger partial charge in [-0.3, -0.25) is 0 Å². The Kier molecular flexibility index (Phi) is 5.76. The van der Waals surface area contributed by atoms with Crippen molar-refractivity contribution in [3.05, 3.63) is 27.7 Å². The number of nitrogens with two attached hydrogens (primary N) is 1. The zero-order valence-corrected chi connectivity index (χ0v) is 12.8. The number of quaternary nitrogens is 2. The van der Waals surface area contributed by atoms with Gasteiger partial charge in [0.05, 0.1) is 17.6 Å². The van der Waals surface area contributed by atoms with Gasteiger partial charge in [-0.2, -0.15) is 0 Å². The van der Waals surface area contributed by atoms with E-state index in [0.717, 1.165) is 28.3 Å². The van der Waals surface area contributed by atoms with Crippen molar-refractivity contribution in [2.24, 2.45) is 0 Å². The number of halogens is 2. The van der Waals surface area contributed by atoms with E-state index in [1.807, 2.05) is 18.2 Å². The third-order valence-corrected chi connectivity index (χ3v) is 4.08. The van der Waals surface area contributed by atoms with Gasteiger partial charge < -0.3 is 15.0 Å². The van der Waals surface area contributed by atoms with Crippen LogP contribution in [0.25, 0.3) is 0 Å². The highest BCUT2D eigenvalue weighted by Gasteiger charge is 2.14. The lowest BCUT2D eigenvalue weighted by atomic mass is 10.3. The fourth-order valence-corrected chi connectivity index (χ4v) is 3.03. The molecule has 100 valence electrons. The molecule has 1 aromatic carbocycles. The molecular weight excluding hydrogens is 316 g/mol. The van der Waals surface area contributed by atoms with Crippen LogP contribution in [0.15, 0.2) is 22.7 Å². The lowest BCUT2D eigenvalue weighted by Crippen LogP contribution is -3.20. The van der Waals surface area contributed by atoms with Crippen LogP contribution in [0.5, 0.6) is 5.75 Å². The number of benzene rings is 1. The van der Waals surface area contributed by atoms with Gasteiger partial charge in [0.2, 0.25) is 0 Å². The summed E-state index contributed by atoms with van der Waals surface area (Å²) >= 11 is 9.34. The predicted molar refractivity (Wildman–Crippen MR) is 76.5 cm³/mol. The van der Waals surface area contributed by atoms with Crippen molar-refractivity contribution in [2.75, 3.05) is 39.3 Å². The summed E-state index contributed by atoms with van der Waals surface area (Å²) in [4.78, 5) is 1.70. The Balaban J connectivity index is 1.68. The van der Waals surface area contributed by atoms with Crippen molar-refractivity contribution in [2.45, 2.75) is 6.42 Å². The van der Waals surface area contributed by atoms with Gasteiger partial charge in [0.15, 0.2) is 0 Å². The highest BCUT2D eigenvalue weighted by Crippen LogP contribution is 2.27. The highest BCUT2D eigenvalue weighted by atomic mass is 79.9. The summed E-state index contributed by atoms with van der Waals surface area (Å²) < 4.78 is 6.68. The zero-order valence-electron chi connectivity index (χ0n) is 10.4. The molecule has 1 aromatic rings. The molecule has 3 N–H and O–H groups in total. The fraction of sp³-hybridized carbons (Fsp3) is 0.538. The molecular formula is C13H20BrClN2O+2. The highest BCUT2D eigenvalue weighted by molar-refractivity contribution is 9.10. The van der Waals surface area contributed by atoms with Crippen molar-refractivity contribution in [1.82, 2.24) is 0 Å². The van der Waals surface area contributed by atoms with E-state index in [9.17, 15) is 0 Å². The molecule has 1 fully saturated rings. The molecule has 3 nitrogen and oxygen atoms in total. The van der Waals surface area contributed by atoms with Crippen LogP contribution in [0.4, 0.5) is 0 Å². The Hall–Kier alpha value is -0.290. The summed E-state index contributed by atoms with van der Waals surface area (Å²) in [6.07, 6.45) is 1.10. The topological polar surface area (TPSA) is 30.3 Å². The molecule has 1 aliphatic heterocycles. The number of piperazine rings is 1. The normalized spacial score (nSPS) is 16.8. The predicted octanol–water partition coefficient (Wildman–Crippen LogP) is 0.333. The summed E-state index contributed by atoms with van der Waals surface area (Å²) in [6, 6.07) is 5.63. The molecule has 0 saturated carbocycles. The molecule has 1 aliphatic rings. The Morgan fingerprint density at radius 2 is 2.11 bits per heavy atom. The molecule has 0 aliphatic carbocycles. The third-order valence-electron chi connectivity index (χ3n) is 3.23. The first-order valence-electron chi connectivity index (χ1n) is 6.49. The van der Waals surface area contributed by atoms with Crippen LogP contribution in [0.2, 0.25) is 5.02 Å². The van der Waals surface area contributed by atoms with Crippen molar-refractivity contribution < 1.29 is 15.0 Å². The molecule has 18 heavy (non-hydrogen) atoms. The first-order valence-corrected chi connectivity index (χ1v) is 7.66. The molecule has 0 aromatic heterocycles. The second-order valence-corrected chi connectivity index (χ2v) is 5.93. The molecule has 0 atom stereocenters. The Morgan fingerprint density at radius 1 is 1.33 bits per heavy atom. The van der Waals surface area contributed by atoms with Crippen LogP contribution in [-0.2, 0) is 0 Å². The molecule has 5 heteroatoms. The van der Waals surface area contributed by atoms with E-state index in [4.69, 9.17) is 16.3 Å². The van der Waals surface area contributed by atoms with Crippen LogP contribution >= 0.6 is 27.5 Å². The van der Waals surface area contributed by atoms with E-state index in [0.29, 0.717) is 0 Å². The van der Waals surface area contributed by atoms with Crippen LogP contribution < -0.4 is 15.0 Å². The van der Waals surface area contributed by atoms with Crippen molar-refractivity contribution in [3.8, 4) is 5.75 Å². The zero-order chi connectivity index (χ0) is 12.8. The van der Waals surface area contributed by atoms with Crippen molar-refractivity contribution in [3.63, 3.8) is 0 Å². The summed E-state index contributed by atoms with van der Waals surface area (Å²) in [5, 5.41) is 3.12. The maximum Gasteiger partial charge on any atom is 0.133 e. The van der Waals surface area contributed by atoms with Crippen molar-refractivity contribution in [1.29, 1.82) is 0 Å². The number of hydrogen-bond acceptors (Lipinski definition) is 1. The fourth-order valence-electron chi connectivity index (χ4n) is 2.23. The smallest absolute Gasteiger partial charge is 0.133 e. The standard InChI is InChI=1S/C13H18BrClN2O/c14-12-10-11(15)2-3-13(12)18-9-1-6-17-7-4-16-5-8-17/h2-3,10,16H,1,4-9H2/p+2. The van der Waals surface area contributed by atoms with E-state index >= 15 is 0 Å². The number of hydrogen-bond donors (Lipinski definition) is 2. The largest absolute Gasteiger partial charge is 0.492 e. The summed E-state index contributed by atoms with van der Waals surface area (Å²) in [7, 11) is 0. The Morgan fingerprint density at radius 3 is 2.83 bits per heavy atom. The van der Waals surface area contributed by atoms with Gasteiger partial charge in [-0.15, -0.1) is 0 Å². The molecule has 1 saturated heterocycles. The first kappa shape index (κ1) is 14.1. The van der Waals surface area contributed by atoms with Gasteiger partial charge in [-0.25, -0.2) is 0 Å². The molecule has 0 amide bonds. The number of ether oxygens (including phenoxy) is 1. The molecule has 0 bridgehead atoms. The monoisotopic (exact) mass is 334 g/mol. The van der Waals surface area contributed by atoms with Crippen LogP contribution in [0, 0.1) is 0 Å². The lowest BCUT2D eigenvalue weighted by Gasteiger charge is -2.22. The maximum absolute atomic E-state index is 5.89. The SMILES string of the molecule is Clc1ccc(OCCC[NH+]2CC[NH2+]CC2)c(Br)c1. The van der Waals surface area contributed by atoms with Crippen LogP contribution in [-0.4, -0.2) is 39.3 Å². The first-order chi connectivity index (χ1) is 8.75. The van der Waals surface area contributed by atoms with Gasteiger partial charge >= 0.3 is 0 Å². The van der Waals surface area contributed by atoms with Crippen LogP contribution in [0.3, 0.4) is 0 Å². The molecule has 0 unspecified atom stereocenters. The van der Waals surface area contributed by atoms with Crippen LogP contribution in [0.1, 0.15) is 6.42 Å². The molecule has 2 rings (SSSR count). The lowest BCUT2D eigenvalue weighted by molar-refractivity contribution is -0.946. The van der Waals surface area contributed by atoms with Gasteiger partial charge in [0.25, 0.3) is 0 Å².